The summed E-state index contributed by atoms with van der Waals surface area (Å²) in [5.41, 5.74) is 18.6. The zero-order valence-electron chi connectivity index (χ0n) is 41.0. The van der Waals surface area contributed by atoms with Gasteiger partial charge in [-0.25, -0.2) is 15.0 Å². The third kappa shape index (κ3) is 7.24. The number of allylic oxidation sites excluding steroid dienone is 5. The Balaban J connectivity index is 0.960. The van der Waals surface area contributed by atoms with Crippen molar-refractivity contribution in [2.75, 3.05) is 0 Å². The molecular formula is C69H47N5S. The van der Waals surface area contributed by atoms with Crippen molar-refractivity contribution in [2.45, 2.75) is 25.7 Å². The van der Waals surface area contributed by atoms with E-state index in [2.05, 4.69) is 240 Å². The molecule has 15 rings (SSSR count). The second kappa shape index (κ2) is 17.8. The highest BCUT2D eigenvalue weighted by atomic mass is 32.1. The largest absolute Gasteiger partial charge is 0.312 e. The lowest BCUT2D eigenvalue weighted by molar-refractivity contribution is 0.884. The van der Waals surface area contributed by atoms with Gasteiger partial charge in [0.05, 0.1) is 22.2 Å². The summed E-state index contributed by atoms with van der Waals surface area (Å²) < 4.78 is 7.47. The third-order valence-electron chi connectivity index (χ3n) is 15.3. The van der Waals surface area contributed by atoms with Gasteiger partial charge in [-0.2, -0.15) is 0 Å². The van der Waals surface area contributed by atoms with Crippen LogP contribution in [-0.4, -0.2) is 24.1 Å². The van der Waals surface area contributed by atoms with Crippen LogP contribution in [0.15, 0.2) is 237 Å². The quantitative estimate of drug-likeness (QED) is 0.152. The fraction of sp³-hybridized carbons (Fsp3) is 0.0580. The van der Waals surface area contributed by atoms with E-state index in [9.17, 15) is 0 Å². The van der Waals surface area contributed by atoms with Gasteiger partial charge in [-0.15, -0.1) is 11.3 Å². The topological polar surface area (TPSA) is 48.5 Å². The van der Waals surface area contributed by atoms with E-state index in [0.717, 1.165) is 70.4 Å². The second-order valence-electron chi connectivity index (χ2n) is 19.7. The summed E-state index contributed by atoms with van der Waals surface area (Å²) in [6.07, 6.45) is 13.1. The molecule has 5 nitrogen and oxygen atoms in total. The molecule has 0 unspecified atom stereocenters. The predicted molar refractivity (Wildman–Crippen MR) is 314 cm³/mol. The minimum atomic E-state index is 0.626. The maximum atomic E-state index is 5.46. The Kier molecular flexibility index (Phi) is 10.3. The number of aromatic nitrogens is 5. The summed E-state index contributed by atoms with van der Waals surface area (Å²) >= 11 is 1.81. The van der Waals surface area contributed by atoms with Gasteiger partial charge in [0, 0.05) is 70.0 Å². The van der Waals surface area contributed by atoms with Crippen molar-refractivity contribution in [2.24, 2.45) is 0 Å². The van der Waals surface area contributed by atoms with Crippen molar-refractivity contribution in [1.29, 1.82) is 0 Å². The molecule has 4 aromatic heterocycles. The Labute approximate surface area is 438 Å². The van der Waals surface area contributed by atoms with E-state index in [1.165, 1.54) is 80.9 Å². The van der Waals surface area contributed by atoms with Crippen LogP contribution in [0, 0.1) is 0 Å². The molecule has 0 saturated heterocycles. The lowest BCUT2D eigenvalue weighted by Crippen LogP contribution is -2.09. The highest BCUT2D eigenvalue weighted by molar-refractivity contribution is 7.25. The van der Waals surface area contributed by atoms with Crippen LogP contribution in [0.1, 0.15) is 41.6 Å². The molecule has 354 valence electrons. The molecule has 0 saturated carbocycles. The van der Waals surface area contributed by atoms with Crippen LogP contribution in [0.25, 0.3) is 121 Å². The molecule has 13 aromatic rings. The number of thiophene rings is 1. The SMILES string of the molecule is C1=CCCC(c2ccc3c4c(C5=CCCc6c5c5ccccc5n6-c5cc(-c6ccccc6)ccc5-c5nc(-c6ccccc6)nc(-c6ccc7c(c6)sc6ccccc67)n5)cccc4n(-c4ccccc4)c3c2)=C1. The van der Waals surface area contributed by atoms with Gasteiger partial charge < -0.3 is 9.13 Å². The molecule has 9 aromatic carbocycles. The molecule has 0 aliphatic heterocycles. The van der Waals surface area contributed by atoms with Gasteiger partial charge in [0.25, 0.3) is 0 Å². The summed E-state index contributed by atoms with van der Waals surface area (Å²) in [6, 6.07) is 77.0. The monoisotopic (exact) mass is 977 g/mol. The Bertz CT molecular complexity index is 4510. The van der Waals surface area contributed by atoms with Gasteiger partial charge >= 0.3 is 0 Å². The molecule has 2 aliphatic carbocycles. The van der Waals surface area contributed by atoms with E-state index < -0.39 is 0 Å². The number of para-hydroxylation sites is 2. The van der Waals surface area contributed by atoms with Crippen molar-refractivity contribution in [3.63, 3.8) is 0 Å². The summed E-state index contributed by atoms with van der Waals surface area (Å²) in [5, 5.41) is 6.25. The average molecular weight is 978 g/mol. The van der Waals surface area contributed by atoms with Crippen LogP contribution < -0.4 is 0 Å². The lowest BCUT2D eigenvalue weighted by Gasteiger charge is -2.21. The van der Waals surface area contributed by atoms with E-state index in [1.54, 1.807) is 11.3 Å². The second-order valence-corrected chi connectivity index (χ2v) is 20.8. The van der Waals surface area contributed by atoms with Crippen LogP contribution in [-0.2, 0) is 6.42 Å². The zero-order valence-corrected chi connectivity index (χ0v) is 41.8. The van der Waals surface area contributed by atoms with Gasteiger partial charge in [-0.05, 0) is 114 Å². The maximum Gasteiger partial charge on any atom is 0.166 e. The fourth-order valence-corrected chi connectivity index (χ4v) is 13.1. The molecule has 0 atom stereocenters. The van der Waals surface area contributed by atoms with Gasteiger partial charge in [-0.1, -0.05) is 182 Å². The Morgan fingerprint density at radius 1 is 0.413 bits per heavy atom. The molecule has 4 heterocycles. The van der Waals surface area contributed by atoms with Crippen LogP contribution in [0.3, 0.4) is 0 Å². The summed E-state index contributed by atoms with van der Waals surface area (Å²) in [5.74, 6) is 1.90. The van der Waals surface area contributed by atoms with E-state index in [-0.39, 0.29) is 0 Å². The molecule has 0 amide bonds. The minimum Gasteiger partial charge on any atom is -0.312 e. The first kappa shape index (κ1) is 43.4. The Morgan fingerprint density at radius 3 is 1.92 bits per heavy atom. The molecule has 0 N–H and O–H groups in total. The zero-order chi connectivity index (χ0) is 49.4. The Hall–Kier alpha value is -9.23. The summed E-state index contributed by atoms with van der Waals surface area (Å²) in [4.78, 5) is 16.1. The molecule has 0 fully saturated rings. The number of rotatable bonds is 8. The van der Waals surface area contributed by atoms with Gasteiger partial charge in [0.15, 0.2) is 17.5 Å². The van der Waals surface area contributed by atoms with Crippen LogP contribution in [0.2, 0.25) is 0 Å². The first-order chi connectivity index (χ1) is 37.2. The number of fused-ring (bicyclic) bond motifs is 9. The van der Waals surface area contributed by atoms with Gasteiger partial charge in [-0.3, -0.25) is 0 Å². The van der Waals surface area contributed by atoms with Crippen LogP contribution in [0.5, 0.6) is 0 Å². The van der Waals surface area contributed by atoms with Crippen LogP contribution in [0.4, 0.5) is 0 Å². The smallest absolute Gasteiger partial charge is 0.166 e. The molecule has 0 spiro atoms. The van der Waals surface area contributed by atoms with Crippen molar-refractivity contribution < 1.29 is 0 Å². The first-order valence-corrected chi connectivity index (χ1v) is 26.8. The number of hydrogen-bond acceptors (Lipinski definition) is 4. The highest BCUT2D eigenvalue weighted by Crippen LogP contribution is 2.47. The maximum absolute atomic E-state index is 5.46. The summed E-state index contributed by atoms with van der Waals surface area (Å²) in [6.45, 7) is 0. The number of hydrogen-bond donors (Lipinski definition) is 0. The van der Waals surface area contributed by atoms with Crippen molar-refractivity contribution >= 4 is 75.4 Å². The summed E-state index contributed by atoms with van der Waals surface area (Å²) in [7, 11) is 0. The third-order valence-corrected chi connectivity index (χ3v) is 16.5. The van der Waals surface area contributed by atoms with Gasteiger partial charge in [0.1, 0.15) is 0 Å². The minimum absolute atomic E-state index is 0.626. The lowest BCUT2D eigenvalue weighted by atomic mass is 9.87. The molecule has 0 radical (unpaired) electrons. The average Bonchev–Trinajstić information content (AvgIpc) is 4.21. The van der Waals surface area contributed by atoms with E-state index in [0.29, 0.717) is 17.5 Å². The molecule has 6 heteroatoms. The highest BCUT2D eigenvalue weighted by Gasteiger charge is 2.29. The van der Waals surface area contributed by atoms with Crippen LogP contribution >= 0.6 is 11.3 Å². The van der Waals surface area contributed by atoms with Crippen molar-refractivity contribution in [3.8, 4) is 56.7 Å². The van der Waals surface area contributed by atoms with E-state index >= 15 is 0 Å². The number of benzene rings is 9. The molecule has 75 heavy (non-hydrogen) atoms. The normalized spacial score (nSPS) is 13.5. The Morgan fingerprint density at radius 2 is 1.09 bits per heavy atom. The van der Waals surface area contributed by atoms with Crippen molar-refractivity contribution in [3.05, 3.63) is 259 Å². The van der Waals surface area contributed by atoms with Crippen molar-refractivity contribution in [1.82, 2.24) is 24.1 Å². The molecule has 2 aliphatic rings. The molecule has 0 bridgehead atoms. The standard InChI is InChI=1S/C69H47N5S/c1-5-19-44(20-6-1)47-35-39-56-61(41-47)73(50-25-11-4-12-26-50)59-32-17-29-54(66(56)59)53-30-18-33-60-65(53)55-28-13-15-31-58(55)74(60)62-42-48(45-21-7-2-8-22-45)36-40-57(62)69-71-67(46-23-9-3-10-24-46)70-68(72-69)49-37-38-52-51-27-14-16-34-63(51)75-64(52)43-49/h1-5,7-17,19,21-32,34-43H,6,18,20,33H2. The molecular weight excluding hydrogens is 931 g/mol. The predicted octanol–water partition coefficient (Wildman–Crippen LogP) is 18.1. The number of nitrogens with zero attached hydrogens (tertiary/aromatic N) is 5. The van der Waals surface area contributed by atoms with E-state index in [4.69, 9.17) is 15.0 Å². The fourth-order valence-electron chi connectivity index (χ4n) is 11.9. The van der Waals surface area contributed by atoms with Gasteiger partial charge in [0.2, 0.25) is 0 Å². The van der Waals surface area contributed by atoms with E-state index in [1.807, 2.05) is 6.07 Å². The first-order valence-electron chi connectivity index (χ1n) is 26.0.